The van der Waals surface area contributed by atoms with Gasteiger partial charge in [-0.3, -0.25) is 9.59 Å². The van der Waals surface area contributed by atoms with Crippen molar-refractivity contribution in [3.8, 4) is 0 Å². The third-order valence-corrected chi connectivity index (χ3v) is 4.89. The molecule has 2 heterocycles. The predicted molar refractivity (Wildman–Crippen MR) is 106 cm³/mol. The van der Waals surface area contributed by atoms with Crippen LogP contribution in [0, 0.1) is 0 Å². The second kappa shape index (κ2) is 10.0. The molecule has 1 aliphatic rings. The summed E-state index contributed by atoms with van der Waals surface area (Å²) in [7, 11) is 1.63. The quantitative estimate of drug-likeness (QED) is 0.647. The molecule has 7 heteroatoms. The van der Waals surface area contributed by atoms with Gasteiger partial charge >= 0.3 is 0 Å². The van der Waals surface area contributed by atoms with E-state index in [1.807, 2.05) is 34.9 Å². The van der Waals surface area contributed by atoms with Gasteiger partial charge in [-0.1, -0.05) is 30.3 Å². The second-order valence-electron chi connectivity index (χ2n) is 6.93. The lowest BCUT2D eigenvalue weighted by atomic mass is 10.1. The number of nitrogens with zero attached hydrogens (tertiary/aromatic N) is 2. The maximum atomic E-state index is 12.7. The summed E-state index contributed by atoms with van der Waals surface area (Å²) in [6.07, 6.45) is 4.26. The van der Waals surface area contributed by atoms with E-state index in [2.05, 4.69) is 15.6 Å². The fourth-order valence-electron chi connectivity index (χ4n) is 3.44. The fourth-order valence-corrected chi connectivity index (χ4v) is 3.44. The van der Waals surface area contributed by atoms with Crippen molar-refractivity contribution in [2.45, 2.75) is 38.6 Å². The highest BCUT2D eigenvalue weighted by Gasteiger charge is 2.27. The Kier molecular flexibility index (Phi) is 7.19. The number of hydrogen-bond donors (Lipinski definition) is 2. The summed E-state index contributed by atoms with van der Waals surface area (Å²) >= 11 is 0. The van der Waals surface area contributed by atoms with Gasteiger partial charge in [-0.05, 0) is 37.7 Å². The molecule has 0 bridgehead atoms. The second-order valence-corrected chi connectivity index (χ2v) is 6.93. The van der Waals surface area contributed by atoms with Gasteiger partial charge in [0.05, 0.1) is 5.69 Å². The lowest BCUT2D eigenvalue weighted by Crippen LogP contribution is -2.29. The minimum Gasteiger partial charge on any atom is -0.385 e. The van der Waals surface area contributed by atoms with E-state index >= 15 is 0 Å². The molecule has 2 N–H and O–H groups in total. The standard InChI is InChI=1S/C21H28N4O3/c1-28-15-7-12-22-21(27)19-24-18(17-10-5-6-14-25(17)19)20(26)23-13-11-16-8-3-2-4-9-16/h2-4,8-9H,5-7,10-15H2,1H3,(H,22,27)(H,23,26). The first-order valence-corrected chi connectivity index (χ1v) is 9.89. The van der Waals surface area contributed by atoms with Gasteiger partial charge in [0.25, 0.3) is 11.8 Å². The van der Waals surface area contributed by atoms with E-state index in [0.717, 1.165) is 44.3 Å². The average molecular weight is 384 g/mol. The smallest absolute Gasteiger partial charge is 0.287 e. The molecule has 0 atom stereocenters. The molecule has 2 aromatic rings. The van der Waals surface area contributed by atoms with Crippen LogP contribution in [0.2, 0.25) is 0 Å². The number of carbonyl (C=O) groups is 2. The van der Waals surface area contributed by atoms with E-state index < -0.39 is 0 Å². The first-order valence-electron chi connectivity index (χ1n) is 9.89. The highest BCUT2D eigenvalue weighted by atomic mass is 16.5. The number of ether oxygens (including phenoxy) is 1. The van der Waals surface area contributed by atoms with E-state index in [0.29, 0.717) is 31.2 Å². The van der Waals surface area contributed by atoms with Crippen LogP contribution in [0.15, 0.2) is 30.3 Å². The van der Waals surface area contributed by atoms with Gasteiger partial charge in [-0.15, -0.1) is 0 Å². The highest BCUT2D eigenvalue weighted by Crippen LogP contribution is 2.21. The molecular formula is C21H28N4O3. The van der Waals surface area contributed by atoms with Crippen molar-refractivity contribution in [3.05, 3.63) is 53.1 Å². The minimum absolute atomic E-state index is 0.208. The number of imidazole rings is 1. The molecule has 1 aromatic heterocycles. The van der Waals surface area contributed by atoms with Gasteiger partial charge in [0.1, 0.15) is 5.69 Å². The Morgan fingerprint density at radius 3 is 2.68 bits per heavy atom. The maximum absolute atomic E-state index is 12.7. The molecule has 150 valence electrons. The number of carbonyl (C=O) groups excluding carboxylic acids is 2. The molecule has 0 fully saturated rings. The van der Waals surface area contributed by atoms with Gasteiger partial charge in [0, 0.05) is 33.4 Å². The number of nitrogens with one attached hydrogen (secondary N) is 2. The molecule has 0 aliphatic carbocycles. The van der Waals surface area contributed by atoms with E-state index in [1.54, 1.807) is 7.11 Å². The Bertz CT molecular complexity index is 801. The SMILES string of the molecule is COCCCNC(=O)c1nc(C(=O)NCCc2ccccc2)c2n1CCCC2. The van der Waals surface area contributed by atoms with Crippen LogP contribution in [0.1, 0.15) is 51.6 Å². The van der Waals surface area contributed by atoms with E-state index in [4.69, 9.17) is 4.74 Å². The fraction of sp³-hybridized carbons (Fsp3) is 0.476. The third-order valence-electron chi connectivity index (χ3n) is 4.89. The normalized spacial score (nSPS) is 13.0. The van der Waals surface area contributed by atoms with Crippen LogP contribution < -0.4 is 10.6 Å². The Labute approximate surface area is 165 Å². The largest absolute Gasteiger partial charge is 0.385 e. The van der Waals surface area contributed by atoms with Crippen molar-refractivity contribution in [1.82, 2.24) is 20.2 Å². The third kappa shape index (κ3) is 4.98. The van der Waals surface area contributed by atoms with Crippen LogP contribution in [0.3, 0.4) is 0 Å². The van der Waals surface area contributed by atoms with Crippen LogP contribution in [0.5, 0.6) is 0 Å². The summed E-state index contributed by atoms with van der Waals surface area (Å²) in [4.78, 5) is 29.7. The lowest BCUT2D eigenvalue weighted by Gasteiger charge is -2.17. The Hall–Kier alpha value is -2.67. The topological polar surface area (TPSA) is 85.2 Å². The van der Waals surface area contributed by atoms with E-state index in [1.165, 1.54) is 5.56 Å². The van der Waals surface area contributed by atoms with Crippen molar-refractivity contribution in [1.29, 1.82) is 0 Å². The Morgan fingerprint density at radius 1 is 1.11 bits per heavy atom. The molecule has 1 aliphatic heterocycles. The Morgan fingerprint density at radius 2 is 1.89 bits per heavy atom. The van der Waals surface area contributed by atoms with Crippen LogP contribution in [-0.4, -0.2) is 48.2 Å². The molecule has 0 unspecified atom stereocenters. The number of methoxy groups -OCH3 is 1. The highest BCUT2D eigenvalue weighted by molar-refractivity contribution is 5.97. The van der Waals surface area contributed by atoms with E-state index in [-0.39, 0.29) is 11.8 Å². The van der Waals surface area contributed by atoms with Gasteiger partial charge in [-0.25, -0.2) is 4.98 Å². The Balaban J connectivity index is 1.65. The van der Waals surface area contributed by atoms with Crippen LogP contribution in [0.4, 0.5) is 0 Å². The summed E-state index contributed by atoms with van der Waals surface area (Å²) in [5, 5.41) is 5.81. The first-order chi connectivity index (χ1) is 13.7. The number of amides is 2. The molecule has 0 saturated heterocycles. The van der Waals surface area contributed by atoms with Crippen LogP contribution >= 0.6 is 0 Å². The van der Waals surface area contributed by atoms with Crippen molar-refractivity contribution < 1.29 is 14.3 Å². The summed E-state index contributed by atoms with van der Waals surface area (Å²) < 4.78 is 6.90. The average Bonchev–Trinajstić information content (AvgIpc) is 3.12. The van der Waals surface area contributed by atoms with Crippen molar-refractivity contribution >= 4 is 11.8 Å². The van der Waals surface area contributed by atoms with Crippen LogP contribution in [0.25, 0.3) is 0 Å². The van der Waals surface area contributed by atoms with Gasteiger partial charge in [0.2, 0.25) is 0 Å². The summed E-state index contributed by atoms with van der Waals surface area (Å²) in [5.74, 6) is -0.108. The molecule has 1 aromatic carbocycles. The van der Waals surface area contributed by atoms with Gasteiger partial charge in [-0.2, -0.15) is 0 Å². The summed E-state index contributed by atoms with van der Waals surface area (Å²) in [6.45, 7) is 2.37. The zero-order valence-corrected chi connectivity index (χ0v) is 16.4. The molecule has 7 nitrogen and oxygen atoms in total. The lowest BCUT2D eigenvalue weighted by molar-refractivity contribution is 0.0932. The maximum Gasteiger partial charge on any atom is 0.287 e. The monoisotopic (exact) mass is 384 g/mol. The summed E-state index contributed by atoms with van der Waals surface area (Å²) in [5.41, 5.74) is 2.42. The molecule has 2 amide bonds. The molecule has 28 heavy (non-hydrogen) atoms. The first kappa shape index (κ1) is 20.1. The molecule has 0 radical (unpaired) electrons. The minimum atomic E-state index is -0.234. The van der Waals surface area contributed by atoms with Crippen molar-refractivity contribution in [2.75, 3.05) is 26.8 Å². The van der Waals surface area contributed by atoms with Crippen molar-refractivity contribution in [3.63, 3.8) is 0 Å². The van der Waals surface area contributed by atoms with E-state index in [9.17, 15) is 9.59 Å². The number of rotatable bonds is 9. The van der Waals surface area contributed by atoms with Gasteiger partial charge in [0.15, 0.2) is 5.82 Å². The summed E-state index contributed by atoms with van der Waals surface area (Å²) in [6, 6.07) is 10.0. The number of benzene rings is 1. The zero-order chi connectivity index (χ0) is 19.8. The molecule has 0 saturated carbocycles. The molecule has 3 rings (SSSR count). The molecular weight excluding hydrogens is 356 g/mol. The number of hydrogen-bond acceptors (Lipinski definition) is 4. The number of aromatic nitrogens is 2. The van der Waals surface area contributed by atoms with Crippen LogP contribution in [-0.2, 0) is 24.1 Å². The zero-order valence-electron chi connectivity index (χ0n) is 16.4. The van der Waals surface area contributed by atoms with Gasteiger partial charge < -0.3 is 19.9 Å². The predicted octanol–water partition coefficient (Wildman–Crippen LogP) is 1.96. The van der Waals surface area contributed by atoms with Crippen molar-refractivity contribution in [2.24, 2.45) is 0 Å². The molecule has 0 spiro atoms. The number of fused-ring (bicyclic) bond motifs is 1.